The van der Waals surface area contributed by atoms with Crippen molar-refractivity contribution in [2.75, 3.05) is 10.0 Å². The van der Waals surface area contributed by atoms with Gasteiger partial charge in [0.05, 0.1) is 21.8 Å². The Hall–Kier alpha value is -2.88. The summed E-state index contributed by atoms with van der Waals surface area (Å²) in [5.41, 5.74) is 0.578. The number of aromatic nitrogens is 2. The molecular formula is C18H14Cl2N4O4S. The molecule has 3 rings (SSSR count). The van der Waals surface area contributed by atoms with Crippen LogP contribution in [0.3, 0.4) is 0 Å². The molecule has 150 valence electrons. The summed E-state index contributed by atoms with van der Waals surface area (Å²) in [7, 11) is -3.87. The first kappa shape index (κ1) is 20.8. The molecule has 2 N–H and O–H groups in total. The monoisotopic (exact) mass is 452 g/mol. The Labute approximate surface area is 176 Å². The molecule has 1 heterocycles. The van der Waals surface area contributed by atoms with Crippen LogP contribution in [0.4, 0.5) is 11.4 Å². The highest BCUT2D eigenvalue weighted by Gasteiger charge is 2.15. The highest BCUT2D eigenvalue weighted by Crippen LogP contribution is 2.20. The highest BCUT2D eigenvalue weighted by atomic mass is 35.5. The van der Waals surface area contributed by atoms with Crippen molar-refractivity contribution in [3.8, 4) is 5.69 Å². The van der Waals surface area contributed by atoms with Crippen LogP contribution in [0.2, 0.25) is 10.0 Å². The van der Waals surface area contributed by atoms with E-state index in [1.807, 2.05) is 0 Å². The van der Waals surface area contributed by atoms with E-state index in [0.29, 0.717) is 17.1 Å². The average molecular weight is 453 g/mol. The molecule has 8 nitrogen and oxygen atoms in total. The number of hydrogen-bond acceptors (Lipinski definition) is 5. The van der Waals surface area contributed by atoms with E-state index in [2.05, 4.69) is 15.1 Å². The van der Waals surface area contributed by atoms with Gasteiger partial charge in [-0.25, -0.2) is 8.42 Å². The Bertz CT molecular complexity index is 1220. The first-order valence-electron chi connectivity index (χ1n) is 8.11. The van der Waals surface area contributed by atoms with Crippen LogP contribution in [0.25, 0.3) is 5.69 Å². The number of sulfonamides is 1. The molecular weight excluding hydrogens is 439 g/mol. The molecule has 29 heavy (non-hydrogen) atoms. The molecule has 0 unspecified atom stereocenters. The Morgan fingerprint density at radius 3 is 2.17 bits per heavy atom. The van der Waals surface area contributed by atoms with Gasteiger partial charge in [0.25, 0.3) is 15.6 Å². The van der Waals surface area contributed by atoms with Crippen molar-refractivity contribution >= 4 is 50.5 Å². The third-order valence-electron chi connectivity index (χ3n) is 3.73. The molecule has 0 atom stereocenters. The van der Waals surface area contributed by atoms with E-state index < -0.39 is 15.6 Å². The van der Waals surface area contributed by atoms with Crippen molar-refractivity contribution in [1.29, 1.82) is 0 Å². The van der Waals surface area contributed by atoms with Crippen LogP contribution in [-0.4, -0.2) is 24.1 Å². The average Bonchev–Trinajstić information content (AvgIpc) is 2.67. The molecule has 0 bridgehead atoms. The maximum Gasteiger partial charge on any atom is 0.291 e. The highest BCUT2D eigenvalue weighted by molar-refractivity contribution is 7.92. The molecule has 3 aromatic rings. The molecule has 0 aliphatic heterocycles. The van der Waals surface area contributed by atoms with Gasteiger partial charge in [-0.3, -0.25) is 14.3 Å². The van der Waals surface area contributed by atoms with E-state index in [1.165, 1.54) is 49.5 Å². The lowest BCUT2D eigenvalue weighted by molar-refractivity contribution is -0.114. The van der Waals surface area contributed by atoms with Crippen molar-refractivity contribution in [1.82, 2.24) is 9.78 Å². The Balaban J connectivity index is 1.82. The maximum atomic E-state index is 12.6. The van der Waals surface area contributed by atoms with Crippen LogP contribution in [0.15, 0.2) is 64.4 Å². The zero-order valence-corrected chi connectivity index (χ0v) is 17.2. The third-order valence-corrected chi connectivity index (χ3v) is 5.87. The zero-order chi connectivity index (χ0) is 21.2. The summed E-state index contributed by atoms with van der Waals surface area (Å²) in [6.07, 6.45) is 1.22. The van der Waals surface area contributed by atoms with E-state index in [4.69, 9.17) is 23.2 Å². The van der Waals surface area contributed by atoms with Crippen molar-refractivity contribution in [3.05, 3.63) is 75.1 Å². The lowest BCUT2D eigenvalue weighted by atomic mass is 10.3. The number of anilines is 2. The fraction of sp³-hybridized carbons (Fsp3) is 0.0556. The molecule has 0 aliphatic rings. The van der Waals surface area contributed by atoms with Crippen LogP contribution in [-0.2, 0) is 14.8 Å². The number of halogens is 2. The van der Waals surface area contributed by atoms with Gasteiger partial charge in [0.1, 0.15) is 5.02 Å². The van der Waals surface area contributed by atoms with E-state index >= 15 is 0 Å². The van der Waals surface area contributed by atoms with Crippen LogP contribution in [0.1, 0.15) is 6.92 Å². The summed E-state index contributed by atoms with van der Waals surface area (Å²) in [4.78, 5) is 23.2. The molecule has 1 aromatic heterocycles. The summed E-state index contributed by atoms with van der Waals surface area (Å²) in [6.45, 7) is 1.38. The molecule has 0 aliphatic carbocycles. The smallest absolute Gasteiger partial charge is 0.291 e. The van der Waals surface area contributed by atoms with Gasteiger partial charge in [-0.05, 0) is 48.5 Å². The molecule has 0 spiro atoms. The van der Waals surface area contributed by atoms with Crippen LogP contribution in [0, 0.1) is 0 Å². The number of amides is 1. The fourth-order valence-electron chi connectivity index (χ4n) is 2.40. The van der Waals surface area contributed by atoms with E-state index in [0.717, 1.165) is 4.68 Å². The minimum atomic E-state index is -3.87. The summed E-state index contributed by atoms with van der Waals surface area (Å²) < 4.78 is 28.6. The summed E-state index contributed by atoms with van der Waals surface area (Å²) >= 11 is 11.6. The second-order valence-corrected chi connectivity index (χ2v) is 8.35. The van der Waals surface area contributed by atoms with Crippen molar-refractivity contribution < 1.29 is 13.2 Å². The van der Waals surface area contributed by atoms with Crippen LogP contribution in [0.5, 0.6) is 0 Å². The number of benzene rings is 2. The quantitative estimate of drug-likeness (QED) is 0.616. The van der Waals surface area contributed by atoms with Gasteiger partial charge >= 0.3 is 0 Å². The number of carbonyl (C=O) groups excluding carboxylic acids is 1. The molecule has 11 heteroatoms. The van der Waals surface area contributed by atoms with Crippen molar-refractivity contribution in [2.24, 2.45) is 0 Å². The Morgan fingerprint density at radius 2 is 1.59 bits per heavy atom. The second-order valence-electron chi connectivity index (χ2n) is 5.88. The lowest BCUT2D eigenvalue weighted by Gasteiger charge is -2.10. The van der Waals surface area contributed by atoms with Gasteiger partial charge in [0, 0.05) is 18.3 Å². The van der Waals surface area contributed by atoms with Crippen molar-refractivity contribution in [3.63, 3.8) is 0 Å². The van der Waals surface area contributed by atoms with Gasteiger partial charge in [-0.2, -0.15) is 9.78 Å². The zero-order valence-electron chi connectivity index (χ0n) is 14.9. The molecule has 1 amide bonds. The number of hydrogen-bond donors (Lipinski definition) is 2. The standard InChI is InChI=1S/C18H14Cl2N4O4S/c1-11(25)22-12-2-4-13(5-3-12)23-29(27,28)15-8-6-14(7-9-15)24-18(26)17(20)16(19)10-21-24/h2-10,23H,1H3,(H,22,25). The molecule has 0 saturated carbocycles. The normalized spacial score (nSPS) is 11.1. The van der Waals surface area contributed by atoms with Crippen LogP contribution < -0.4 is 15.6 Å². The third kappa shape index (κ3) is 4.76. The van der Waals surface area contributed by atoms with Crippen LogP contribution >= 0.6 is 23.2 Å². The van der Waals surface area contributed by atoms with E-state index in [1.54, 1.807) is 12.1 Å². The predicted molar refractivity (Wildman–Crippen MR) is 111 cm³/mol. The van der Waals surface area contributed by atoms with Gasteiger partial charge in [0.2, 0.25) is 5.91 Å². The largest absolute Gasteiger partial charge is 0.326 e. The lowest BCUT2D eigenvalue weighted by Crippen LogP contribution is -2.21. The Kier molecular flexibility index (Phi) is 5.92. The SMILES string of the molecule is CC(=O)Nc1ccc(NS(=O)(=O)c2ccc(-n3ncc(Cl)c(Cl)c3=O)cc2)cc1. The van der Waals surface area contributed by atoms with E-state index in [9.17, 15) is 18.0 Å². The van der Waals surface area contributed by atoms with Gasteiger partial charge in [0.15, 0.2) is 0 Å². The first-order valence-corrected chi connectivity index (χ1v) is 10.4. The molecule has 2 aromatic carbocycles. The first-order chi connectivity index (χ1) is 13.7. The minimum absolute atomic E-state index is 0.0136. The van der Waals surface area contributed by atoms with Gasteiger partial charge in [-0.1, -0.05) is 23.2 Å². The number of rotatable bonds is 5. The number of carbonyl (C=O) groups is 1. The molecule has 0 fully saturated rings. The summed E-state index contributed by atoms with van der Waals surface area (Å²) in [5, 5.41) is 6.33. The van der Waals surface area contributed by atoms with Gasteiger partial charge in [-0.15, -0.1) is 0 Å². The topological polar surface area (TPSA) is 110 Å². The maximum absolute atomic E-state index is 12.6. The molecule has 0 saturated heterocycles. The number of nitrogens with zero attached hydrogens (tertiary/aromatic N) is 2. The second kappa shape index (κ2) is 8.24. The van der Waals surface area contributed by atoms with Gasteiger partial charge < -0.3 is 5.32 Å². The summed E-state index contributed by atoms with van der Waals surface area (Å²) in [5.74, 6) is -0.228. The minimum Gasteiger partial charge on any atom is -0.326 e. The number of nitrogens with one attached hydrogen (secondary N) is 2. The predicted octanol–water partition coefficient (Wildman–Crippen LogP) is 3.30. The molecule has 0 radical (unpaired) electrons. The fourth-order valence-corrected chi connectivity index (χ4v) is 3.71. The Morgan fingerprint density at radius 1 is 1.00 bits per heavy atom. The van der Waals surface area contributed by atoms with Crippen molar-refractivity contribution in [2.45, 2.75) is 11.8 Å². The summed E-state index contributed by atoms with van der Waals surface area (Å²) in [6, 6.07) is 11.7. The van der Waals surface area contributed by atoms with E-state index in [-0.39, 0.29) is 20.8 Å².